The van der Waals surface area contributed by atoms with E-state index in [1.165, 1.54) is 11.8 Å². The van der Waals surface area contributed by atoms with E-state index in [-0.39, 0.29) is 17.5 Å². The molecular formula is C22H19ClN2O3. The fourth-order valence-electron chi connectivity index (χ4n) is 3.71. The molecule has 0 radical (unpaired) electrons. The molecule has 1 atom stereocenters. The van der Waals surface area contributed by atoms with E-state index in [0.717, 1.165) is 24.2 Å². The molecule has 28 heavy (non-hydrogen) atoms. The highest BCUT2D eigenvalue weighted by Crippen LogP contribution is 2.40. The van der Waals surface area contributed by atoms with Gasteiger partial charge < -0.3 is 14.6 Å². The van der Waals surface area contributed by atoms with Gasteiger partial charge in [-0.2, -0.15) is 0 Å². The molecule has 1 aromatic heterocycles. The highest BCUT2D eigenvalue weighted by molar-refractivity contribution is 6.30. The van der Waals surface area contributed by atoms with E-state index in [0.29, 0.717) is 10.7 Å². The van der Waals surface area contributed by atoms with Crippen LogP contribution >= 0.6 is 11.6 Å². The van der Waals surface area contributed by atoms with Crippen LogP contribution in [0.4, 0.5) is 5.69 Å². The molecule has 0 saturated heterocycles. The molecule has 1 aliphatic carbocycles. The minimum atomic E-state index is -0.407. The average molecular weight is 395 g/mol. The fraction of sp³-hybridized carbons (Fsp3) is 0.182. The first kappa shape index (κ1) is 18.3. The van der Waals surface area contributed by atoms with Crippen LogP contribution in [0, 0.1) is 0 Å². The lowest BCUT2D eigenvalue weighted by Gasteiger charge is -2.30. The number of aryl methyl sites for hydroxylation is 1. The van der Waals surface area contributed by atoms with Crippen molar-refractivity contribution in [3.8, 4) is 5.75 Å². The van der Waals surface area contributed by atoms with E-state index >= 15 is 0 Å². The summed E-state index contributed by atoms with van der Waals surface area (Å²) in [4.78, 5) is 30.0. The molecule has 0 fully saturated rings. The van der Waals surface area contributed by atoms with Crippen LogP contribution in [0.15, 0.2) is 65.6 Å². The minimum Gasteiger partial charge on any atom is -0.497 e. The van der Waals surface area contributed by atoms with Gasteiger partial charge in [-0.15, -0.1) is 0 Å². The van der Waals surface area contributed by atoms with Crippen molar-refractivity contribution in [2.24, 2.45) is 0 Å². The number of aromatic amines is 1. The number of carbonyl (C=O) groups excluding carboxylic acids is 1. The molecule has 1 N–H and O–H groups in total. The van der Waals surface area contributed by atoms with E-state index in [1.807, 2.05) is 18.2 Å². The first-order chi connectivity index (χ1) is 13.6. The summed E-state index contributed by atoms with van der Waals surface area (Å²) in [5.41, 5.74) is 2.61. The zero-order valence-corrected chi connectivity index (χ0v) is 16.1. The second kappa shape index (κ2) is 7.52. The maximum atomic E-state index is 13.4. The first-order valence-electron chi connectivity index (χ1n) is 9.02. The monoisotopic (exact) mass is 394 g/mol. The number of hydrogen-bond acceptors (Lipinski definition) is 3. The Labute approximate surface area is 167 Å². The molecule has 6 heteroatoms. The highest BCUT2D eigenvalue weighted by Gasteiger charge is 2.34. The van der Waals surface area contributed by atoms with Crippen LogP contribution in [0.2, 0.25) is 5.02 Å². The Morgan fingerprint density at radius 3 is 2.68 bits per heavy atom. The van der Waals surface area contributed by atoms with Gasteiger partial charge >= 0.3 is 0 Å². The summed E-state index contributed by atoms with van der Waals surface area (Å²) >= 11 is 6.04. The molecule has 0 bridgehead atoms. The van der Waals surface area contributed by atoms with Gasteiger partial charge in [-0.3, -0.25) is 9.59 Å². The van der Waals surface area contributed by atoms with Gasteiger partial charge in [0.05, 0.1) is 13.2 Å². The van der Waals surface area contributed by atoms with Crippen molar-refractivity contribution < 1.29 is 9.53 Å². The lowest BCUT2D eigenvalue weighted by Crippen LogP contribution is -2.37. The predicted octanol–water partition coefficient (Wildman–Crippen LogP) is 4.37. The molecule has 0 aliphatic heterocycles. The predicted molar refractivity (Wildman–Crippen MR) is 109 cm³/mol. The van der Waals surface area contributed by atoms with Crippen LogP contribution in [0.5, 0.6) is 5.75 Å². The van der Waals surface area contributed by atoms with Gasteiger partial charge in [0, 0.05) is 16.9 Å². The molecule has 3 aromatic rings. The number of halogens is 1. The summed E-state index contributed by atoms with van der Waals surface area (Å²) in [5, 5.41) is 0.585. The number of anilines is 1. The van der Waals surface area contributed by atoms with Crippen molar-refractivity contribution in [2.45, 2.75) is 18.9 Å². The molecule has 0 spiro atoms. The summed E-state index contributed by atoms with van der Waals surface area (Å²) in [5.74, 6) is 0.400. The SMILES string of the molecule is COc1ccc2c(c1)C(N(C(=O)c1ccc[nH]c1=O)c1ccc(Cl)cc1)CC2. The topological polar surface area (TPSA) is 62.4 Å². The maximum absolute atomic E-state index is 13.4. The number of nitrogens with one attached hydrogen (secondary N) is 1. The molecule has 142 valence electrons. The van der Waals surface area contributed by atoms with E-state index < -0.39 is 5.56 Å². The standard InChI is InChI=1S/C22H19ClN2O3/c1-28-17-10-4-14-5-11-20(19(14)13-17)25(16-8-6-15(23)7-9-16)22(27)18-3-2-12-24-21(18)26/h2-4,6-10,12-13,20H,5,11H2,1H3,(H,24,26). The summed E-state index contributed by atoms with van der Waals surface area (Å²) < 4.78 is 5.38. The summed E-state index contributed by atoms with van der Waals surface area (Å²) in [6, 6.07) is 16.0. The van der Waals surface area contributed by atoms with Crippen molar-refractivity contribution in [1.82, 2.24) is 4.98 Å². The van der Waals surface area contributed by atoms with E-state index in [9.17, 15) is 9.59 Å². The zero-order chi connectivity index (χ0) is 19.7. The maximum Gasteiger partial charge on any atom is 0.264 e. The Kier molecular flexibility index (Phi) is 4.92. The van der Waals surface area contributed by atoms with E-state index in [2.05, 4.69) is 4.98 Å². The first-order valence-corrected chi connectivity index (χ1v) is 9.40. The normalized spacial score (nSPS) is 15.1. The van der Waals surface area contributed by atoms with Crippen molar-refractivity contribution in [1.29, 1.82) is 0 Å². The smallest absolute Gasteiger partial charge is 0.264 e. The van der Waals surface area contributed by atoms with Crippen LogP contribution < -0.4 is 15.2 Å². The Morgan fingerprint density at radius 1 is 1.18 bits per heavy atom. The molecule has 1 unspecified atom stereocenters. The minimum absolute atomic E-state index is 0.105. The summed E-state index contributed by atoms with van der Waals surface area (Å²) in [6.07, 6.45) is 3.13. The lowest BCUT2D eigenvalue weighted by atomic mass is 10.0. The molecule has 1 heterocycles. The largest absolute Gasteiger partial charge is 0.497 e. The Hall–Kier alpha value is -3.05. The van der Waals surface area contributed by atoms with Crippen LogP contribution in [0.3, 0.4) is 0 Å². The number of carbonyl (C=O) groups is 1. The third-order valence-electron chi connectivity index (χ3n) is 5.08. The van der Waals surface area contributed by atoms with Crippen LogP contribution in [-0.2, 0) is 6.42 Å². The number of amides is 1. The van der Waals surface area contributed by atoms with Crippen LogP contribution in [-0.4, -0.2) is 18.0 Å². The lowest BCUT2D eigenvalue weighted by molar-refractivity contribution is 0.0974. The van der Waals surface area contributed by atoms with Crippen LogP contribution in [0.25, 0.3) is 0 Å². The summed E-state index contributed by atoms with van der Waals surface area (Å²) in [6.45, 7) is 0. The molecule has 0 saturated carbocycles. The van der Waals surface area contributed by atoms with Crippen molar-refractivity contribution in [2.75, 3.05) is 12.0 Å². The zero-order valence-electron chi connectivity index (χ0n) is 15.3. The van der Waals surface area contributed by atoms with Crippen molar-refractivity contribution in [3.63, 3.8) is 0 Å². The Bertz CT molecular complexity index is 1080. The Balaban J connectivity index is 1.84. The molecule has 1 amide bonds. The number of methoxy groups -OCH3 is 1. The number of H-pyrrole nitrogens is 1. The summed E-state index contributed by atoms with van der Waals surface area (Å²) in [7, 11) is 1.62. The number of benzene rings is 2. The van der Waals surface area contributed by atoms with Gasteiger partial charge in [-0.05, 0) is 72.5 Å². The van der Waals surface area contributed by atoms with Gasteiger partial charge in [0.2, 0.25) is 0 Å². The number of aromatic nitrogens is 1. The van der Waals surface area contributed by atoms with E-state index in [4.69, 9.17) is 16.3 Å². The van der Waals surface area contributed by atoms with Crippen molar-refractivity contribution in [3.05, 3.63) is 92.9 Å². The number of ether oxygens (including phenoxy) is 1. The number of fused-ring (bicyclic) bond motifs is 1. The van der Waals surface area contributed by atoms with Gasteiger partial charge in [0.15, 0.2) is 0 Å². The number of hydrogen-bond donors (Lipinski definition) is 1. The average Bonchev–Trinajstić information content (AvgIpc) is 3.12. The molecule has 5 nitrogen and oxygen atoms in total. The van der Waals surface area contributed by atoms with Crippen molar-refractivity contribution >= 4 is 23.2 Å². The highest BCUT2D eigenvalue weighted by atomic mass is 35.5. The van der Waals surface area contributed by atoms with Gasteiger partial charge in [0.25, 0.3) is 11.5 Å². The quantitative estimate of drug-likeness (QED) is 0.714. The fourth-order valence-corrected chi connectivity index (χ4v) is 3.84. The number of rotatable bonds is 4. The molecule has 4 rings (SSSR count). The third kappa shape index (κ3) is 3.29. The number of pyridine rings is 1. The van der Waals surface area contributed by atoms with Crippen LogP contribution in [0.1, 0.15) is 33.9 Å². The molecule has 2 aromatic carbocycles. The van der Waals surface area contributed by atoms with Gasteiger partial charge in [0.1, 0.15) is 11.3 Å². The van der Waals surface area contributed by atoms with Gasteiger partial charge in [-0.25, -0.2) is 0 Å². The second-order valence-electron chi connectivity index (χ2n) is 6.68. The third-order valence-corrected chi connectivity index (χ3v) is 5.33. The van der Waals surface area contributed by atoms with E-state index in [1.54, 1.807) is 48.4 Å². The second-order valence-corrected chi connectivity index (χ2v) is 7.12. The Morgan fingerprint density at radius 2 is 1.96 bits per heavy atom. The number of nitrogens with zero attached hydrogens (tertiary/aromatic N) is 1. The molecule has 1 aliphatic rings. The van der Waals surface area contributed by atoms with Gasteiger partial charge in [-0.1, -0.05) is 17.7 Å². The molecular weight excluding hydrogens is 376 g/mol.